The lowest BCUT2D eigenvalue weighted by molar-refractivity contribution is 0.112. The molecular formula is C8H7ClN2O2. The van der Waals surface area contributed by atoms with Gasteiger partial charge in [0.25, 0.3) is 0 Å². The lowest BCUT2D eigenvalue weighted by Crippen LogP contribution is -2.19. The van der Waals surface area contributed by atoms with Gasteiger partial charge in [-0.1, -0.05) is 17.7 Å². The van der Waals surface area contributed by atoms with Crippen molar-refractivity contribution in [3.05, 3.63) is 28.8 Å². The summed E-state index contributed by atoms with van der Waals surface area (Å²) in [6.07, 6.45) is 0.655. The third kappa shape index (κ3) is 2.45. The molecule has 0 atom stereocenters. The molecule has 13 heavy (non-hydrogen) atoms. The molecule has 0 heterocycles. The summed E-state index contributed by atoms with van der Waals surface area (Å²) in [5.41, 5.74) is 5.64. The van der Waals surface area contributed by atoms with Crippen LogP contribution in [-0.4, -0.2) is 12.3 Å². The number of nitrogens with one attached hydrogen (secondary N) is 1. The quantitative estimate of drug-likeness (QED) is 0.710. The Morgan fingerprint density at radius 1 is 1.54 bits per heavy atom. The van der Waals surface area contributed by atoms with Gasteiger partial charge < -0.3 is 11.1 Å². The van der Waals surface area contributed by atoms with Crippen molar-refractivity contribution < 1.29 is 9.59 Å². The van der Waals surface area contributed by atoms with Gasteiger partial charge in [-0.2, -0.15) is 0 Å². The van der Waals surface area contributed by atoms with Gasteiger partial charge in [0.15, 0.2) is 0 Å². The summed E-state index contributed by atoms with van der Waals surface area (Å²) in [6.45, 7) is 0. The first-order chi connectivity index (χ1) is 6.13. The lowest BCUT2D eigenvalue weighted by atomic mass is 10.2. The second-order valence-corrected chi connectivity index (χ2v) is 2.75. The van der Waals surface area contributed by atoms with E-state index in [1.165, 1.54) is 12.1 Å². The third-order valence-corrected chi connectivity index (χ3v) is 1.71. The summed E-state index contributed by atoms with van der Waals surface area (Å²) in [5, 5.41) is 2.63. The number of aldehydes is 1. The minimum absolute atomic E-state index is 0.332. The Labute approximate surface area is 79.7 Å². The van der Waals surface area contributed by atoms with Crippen molar-refractivity contribution >= 4 is 29.6 Å². The maximum Gasteiger partial charge on any atom is 0.316 e. The zero-order chi connectivity index (χ0) is 9.84. The van der Waals surface area contributed by atoms with Crippen LogP contribution < -0.4 is 11.1 Å². The molecule has 68 valence electrons. The number of nitrogens with two attached hydrogens (primary N) is 1. The highest BCUT2D eigenvalue weighted by Crippen LogP contribution is 2.21. The van der Waals surface area contributed by atoms with Crippen molar-refractivity contribution in [2.75, 3.05) is 5.32 Å². The largest absolute Gasteiger partial charge is 0.351 e. The van der Waals surface area contributed by atoms with E-state index in [1.54, 1.807) is 6.07 Å². The van der Waals surface area contributed by atoms with Crippen LogP contribution >= 0.6 is 11.6 Å². The summed E-state index contributed by atoms with van der Waals surface area (Å²) in [6, 6.07) is 3.78. The molecule has 0 bridgehead atoms. The summed E-state index contributed by atoms with van der Waals surface area (Å²) in [4.78, 5) is 20.9. The molecule has 0 saturated carbocycles. The molecule has 0 aliphatic heterocycles. The molecule has 0 radical (unpaired) electrons. The fourth-order valence-electron chi connectivity index (χ4n) is 0.845. The van der Waals surface area contributed by atoms with Gasteiger partial charge in [0.2, 0.25) is 0 Å². The fourth-order valence-corrected chi connectivity index (χ4v) is 1.01. The lowest BCUT2D eigenvalue weighted by Gasteiger charge is -2.04. The number of rotatable bonds is 2. The van der Waals surface area contributed by atoms with E-state index in [2.05, 4.69) is 5.32 Å². The maximum atomic E-state index is 10.5. The fraction of sp³-hybridized carbons (Fsp3) is 0. The third-order valence-electron chi connectivity index (χ3n) is 1.38. The van der Waals surface area contributed by atoms with E-state index in [0.29, 0.717) is 22.6 Å². The van der Waals surface area contributed by atoms with Gasteiger partial charge in [0.05, 0.1) is 10.7 Å². The smallest absolute Gasteiger partial charge is 0.316 e. The number of carbonyl (C=O) groups is 2. The molecule has 0 unspecified atom stereocenters. The van der Waals surface area contributed by atoms with Gasteiger partial charge in [-0.05, 0) is 12.1 Å². The first-order valence-electron chi connectivity index (χ1n) is 3.44. The van der Waals surface area contributed by atoms with E-state index in [1.807, 2.05) is 0 Å². The molecule has 0 spiro atoms. The Kier molecular flexibility index (Phi) is 2.87. The molecule has 0 aliphatic carbocycles. The number of hydrogen-bond donors (Lipinski definition) is 2. The number of urea groups is 1. The average Bonchev–Trinajstić information content (AvgIpc) is 2.08. The number of primary amides is 1. The number of halogens is 1. The van der Waals surface area contributed by atoms with Crippen molar-refractivity contribution in [3.8, 4) is 0 Å². The Morgan fingerprint density at radius 3 is 2.77 bits per heavy atom. The standard InChI is InChI=1S/C8H7ClN2O2/c9-6-2-1-5(4-12)3-7(6)11-8(10)13/h1-4H,(H3,10,11,13). The number of anilines is 1. The zero-order valence-electron chi connectivity index (χ0n) is 6.58. The highest BCUT2D eigenvalue weighted by atomic mass is 35.5. The van der Waals surface area contributed by atoms with E-state index < -0.39 is 6.03 Å². The topological polar surface area (TPSA) is 72.2 Å². The molecule has 0 aliphatic rings. The summed E-state index contributed by atoms with van der Waals surface area (Å²) >= 11 is 5.71. The Morgan fingerprint density at radius 2 is 2.23 bits per heavy atom. The van der Waals surface area contributed by atoms with E-state index in [9.17, 15) is 9.59 Å². The molecule has 0 aromatic heterocycles. The first-order valence-corrected chi connectivity index (χ1v) is 3.82. The van der Waals surface area contributed by atoms with Gasteiger partial charge >= 0.3 is 6.03 Å². The van der Waals surface area contributed by atoms with E-state index in [4.69, 9.17) is 17.3 Å². The van der Waals surface area contributed by atoms with Crippen LogP contribution in [-0.2, 0) is 0 Å². The second-order valence-electron chi connectivity index (χ2n) is 2.35. The van der Waals surface area contributed by atoms with Crippen LogP contribution in [0.1, 0.15) is 10.4 Å². The Balaban J connectivity index is 3.03. The van der Waals surface area contributed by atoms with Crippen LogP contribution in [0.2, 0.25) is 5.02 Å². The molecule has 1 aromatic rings. The maximum absolute atomic E-state index is 10.5. The molecule has 3 N–H and O–H groups in total. The minimum atomic E-state index is -0.718. The molecule has 2 amide bonds. The Hall–Kier alpha value is -1.55. The summed E-state index contributed by atoms with van der Waals surface area (Å²) in [5.74, 6) is 0. The van der Waals surface area contributed by atoms with Crippen LogP contribution in [0, 0.1) is 0 Å². The molecule has 1 rings (SSSR count). The van der Waals surface area contributed by atoms with Crippen LogP contribution in [0.15, 0.2) is 18.2 Å². The van der Waals surface area contributed by atoms with Crippen LogP contribution in [0.25, 0.3) is 0 Å². The van der Waals surface area contributed by atoms with Crippen LogP contribution in [0.5, 0.6) is 0 Å². The van der Waals surface area contributed by atoms with Gasteiger partial charge in [0.1, 0.15) is 6.29 Å². The van der Waals surface area contributed by atoms with Crippen molar-refractivity contribution in [1.82, 2.24) is 0 Å². The van der Waals surface area contributed by atoms with Crippen molar-refractivity contribution in [3.63, 3.8) is 0 Å². The number of hydrogen-bond acceptors (Lipinski definition) is 2. The van der Waals surface area contributed by atoms with E-state index in [0.717, 1.165) is 0 Å². The first kappa shape index (κ1) is 9.54. The second kappa shape index (κ2) is 3.91. The normalized spacial score (nSPS) is 9.31. The highest BCUT2D eigenvalue weighted by Gasteiger charge is 2.02. The minimum Gasteiger partial charge on any atom is -0.351 e. The monoisotopic (exact) mass is 198 g/mol. The molecule has 4 nitrogen and oxygen atoms in total. The Bertz CT molecular complexity index is 352. The molecule has 0 saturated heterocycles. The summed E-state index contributed by atoms with van der Waals surface area (Å²) < 4.78 is 0. The van der Waals surface area contributed by atoms with Gasteiger partial charge in [-0.25, -0.2) is 4.79 Å². The van der Waals surface area contributed by atoms with E-state index >= 15 is 0 Å². The highest BCUT2D eigenvalue weighted by molar-refractivity contribution is 6.33. The average molecular weight is 199 g/mol. The number of amides is 2. The molecule has 1 aromatic carbocycles. The SMILES string of the molecule is NC(=O)Nc1cc(C=O)ccc1Cl. The van der Waals surface area contributed by atoms with Crippen molar-refractivity contribution in [2.24, 2.45) is 5.73 Å². The van der Waals surface area contributed by atoms with Gasteiger partial charge in [-0.15, -0.1) is 0 Å². The van der Waals surface area contributed by atoms with Crippen LogP contribution in [0.3, 0.4) is 0 Å². The van der Waals surface area contributed by atoms with Gasteiger partial charge in [0, 0.05) is 5.56 Å². The predicted molar refractivity (Wildman–Crippen MR) is 50.0 cm³/mol. The molecule has 0 fully saturated rings. The zero-order valence-corrected chi connectivity index (χ0v) is 7.34. The number of benzene rings is 1. The van der Waals surface area contributed by atoms with Crippen molar-refractivity contribution in [1.29, 1.82) is 0 Å². The van der Waals surface area contributed by atoms with E-state index in [-0.39, 0.29) is 0 Å². The number of carbonyl (C=O) groups excluding carboxylic acids is 2. The van der Waals surface area contributed by atoms with Crippen LogP contribution in [0.4, 0.5) is 10.5 Å². The molecule has 5 heteroatoms. The van der Waals surface area contributed by atoms with Crippen molar-refractivity contribution in [2.45, 2.75) is 0 Å². The van der Waals surface area contributed by atoms with Gasteiger partial charge in [-0.3, -0.25) is 4.79 Å². The molecular weight excluding hydrogens is 192 g/mol. The predicted octanol–water partition coefficient (Wildman–Crippen LogP) is 1.64. The summed E-state index contributed by atoms with van der Waals surface area (Å²) in [7, 11) is 0.